The Morgan fingerprint density at radius 2 is 1.68 bits per heavy atom. The molecule has 1 saturated heterocycles. The summed E-state index contributed by atoms with van der Waals surface area (Å²) in [6.45, 7) is 4.77. The van der Waals surface area contributed by atoms with E-state index in [9.17, 15) is 0 Å². The molecule has 5 heteroatoms. The van der Waals surface area contributed by atoms with Crippen LogP contribution in [-0.2, 0) is 0 Å². The maximum atomic E-state index is 4.81. The van der Waals surface area contributed by atoms with Gasteiger partial charge in [-0.15, -0.1) is 0 Å². The second-order valence-electron chi connectivity index (χ2n) is 6.15. The van der Waals surface area contributed by atoms with E-state index in [0.29, 0.717) is 6.04 Å². The van der Waals surface area contributed by atoms with E-state index in [1.807, 2.05) is 0 Å². The van der Waals surface area contributed by atoms with E-state index in [0.717, 1.165) is 17.9 Å². The third-order valence-electron chi connectivity index (χ3n) is 4.59. The largest absolute Gasteiger partial charge is 0.317 e. The van der Waals surface area contributed by atoms with Gasteiger partial charge in [-0.1, -0.05) is 65.1 Å². The molecule has 2 nitrogen and oxygen atoms in total. The highest BCUT2D eigenvalue weighted by atomic mass is 35.6. The molecule has 1 aliphatic heterocycles. The lowest BCUT2D eigenvalue weighted by atomic mass is 9.91. The summed E-state index contributed by atoms with van der Waals surface area (Å²) in [6.07, 6.45) is 3.98. The Kier molecular flexibility index (Phi) is 7.79. The van der Waals surface area contributed by atoms with Gasteiger partial charge < -0.3 is 10.6 Å². The van der Waals surface area contributed by atoms with Gasteiger partial charge in [-0.05, 0) is 50.8 Å². The summed E-state index contributed by atoms with van der Waals surface area (Å²) in [5.41, 5.74) is 1.51. The van der Waals surface area contributed by atoms with Gasteiger partial charge in [0.1, 0.15) is 0 Å². The van der Waals surface area contributed by atoms with Crippen LogP contribution in [0.1, 0.15) is 37.7 Å². The van der Waals surface area contributed by atoms with E-state index in [2.05, 4.69) is 47.9 Å². The number of piperidine rings is 1. The molecule has 3 rings (SSSR count). The van der Waals surface area contributed by atoms with Crippen LogP contribution in [0.2, 0.25) is 0 Å². The van der Waals surface area contributed by atoms with Crippen molar-refractivity contribution in [2.24, 2.45) is 5.92 Å². The van der Waals surface area contributed by atoms with E-state index < -0.39 is 4.30 Å². The molecule has 1 heterocycles. The van der Waals surface area contributed by atoms with Crippen LogP contribution in [0.15, 0.2) is 30.3 Å². The molecule has 0 bridgehead atoms. The quantitative estimate of drug-likeness (QED) is 0.769. The third kappa shape index (κ3) is 6.25. The highest BCUT2D eigenvalue weighted by Gasteiger charge is 2.39. The molecule has 1 aliphatic carbocycles. The number of halogens is 3. The van der Waals surface area contributed by atoms with Crippen LogP contribution in [0.5, 0.6) is 0 Å². The van der Waals surface area contributed by atoms with Crippen molar-refractivity contribution >= 4 is 34.8 Å². The van der Waals surface area contributed by atoms with E-state index in [4.69, 9.17) is 34.8 Å². The number of benzene rings is 1. The van der Waals surface area contributed by atoms with Gasteiger partial charge in [0.25, 0.3) is 0 Å². The summed E-state index contributed by atoms with van der Waals surface area (Å²) in [5.74, 6) is 1.62. The molecule has 124 valence electrons. The molecule has 3 atom stereocenters. The van der Waals surface area contributed by atoms with Gasteiger partial charge >= 0.3 is 0 Å². The van der Waals surface area contributed by atoms with Crippen LogP contribution in [0.25, 0.3) is 0 Å². The van der Waals surface area contributed by atoms with Crippen molar-refractivity contribution in [1.29, 1.82) is 0 Å². The van der Waals surface area contributed by atoms with Gasteiger partial charge in [0.15, 0.2) is 4.30 Å². The van der Waals surface area contributed by atoms with Gasteiger partial charge in [-0.2, -0.15) is 0 Å². The van der Waals surface area contributed by atoms with E-state index >= 15 is 0 Å². The molecule has 0 radical (unpaired) electrons. The molecule has 0 spiro atoms. The van der Waals surface area contributed by atoms with Crippen molar-refractivity contribution in [3.63, 3.8) is 0 Å². The van der Waals surface area contributed by atoms with Crippen molar-refractivity contribution < 1.29 is 0 Å². The zero-order valence-electron chi connectivity index (χ0n) is 12.9. The molecular weight excluding hydrogens is 339 g/mol. The fourth-order valence-electron chi connectivity index (χ4n) is 3.27. The highest BCUT2D eigenvalue weighted by Crippen LogP contribution is 2.41. The van der Waals surface area contributed by atoms with E-state index in [-0.39, 0.29) is 0 Å². The number of alkyl halides is 3. The average Bonchev–Trinajstić information content (AvgIpc) is 3.28. The molecule has 2 N–H and O–H groups in total. The lowest BCUT2D eigenvalue weighted by molar-refractivity contribution is 0.291. The Morgan fingerprint density at radius 1 is 1.09 bits per heavy atom. The molecule has 1 unspecified atom stereocenters. The van der Waals surface area contributed by atoms with Crippen molar-refractivity contribution in [1.82, 2.24) is 10.6 Å². The minimum absolute atomic E-state index is 0.672. The minimum atomic E-state index is -0.750. The summed E-state index contributed by atoms with van der Waals surface area (Å²) >= 11 is 14.4. The predicted octanol–water partition coefficient (Wildman–Crippen LogP) is 4.51. The lowest BCUT2D eigenvalue weighted by Crippen LogP contribution is -2.41. The molecule has 2 aliphatic rings. The number of rotatable bonds is 4. The van der Waals surface area contributed by atoms with Crippen LogP contribution in [0.3, 0.4) is 0 Å². The first-order valence-corrected chi connectivity index (χ1v) is 9.32. The molecule has 0 aromatic heterocycles. The second kappa shape index (κ2) is 9.34. The minimum Gasteiger partial charge on any atom is -0.317 e. The van der Waals surface area contributed by atoms with Gasteiger partial charge in [0, 0.05) is 18.0 Å². The maximum absolute atomic E-state index is 4.81. The maximum Gasteiger partial charge on any atom is 0.180 e. The monoisotopic (exact) mass is 362 g/mol. The SMILES string of the molecule is CC(N[C@@H]1C[C@H]1c1ccccc1)C1CCNCC1.ClC(Cl)Cl. The highest BCUT2D eigenvalue weighted by molar-refractivity contribution is 6.63. The standard InChI is InChI=1S/C16H24N2.CHCl3/c1-12(13-7-9-17-10-8-13)18-16-11-15(16)14-5-3-2-4-6-14;2-1(3)4/h2-6,12-13,15-18H,7-11H2,1H3;1H/t12?,15-,16+;/m0./s1. The zero-order chi connectivity index (χ0) is 15.9. The van der Waals surface area contributed by atoms with Gasteiger partial charge in [-0.3, -0.25) is 0 Å². The normalized spacial score (nSPS) is 26.2. The van der Waals surface area contributed by atoms with Crippen molar-refractivity contribution in [3.8, 4) is 0 Å². The molecular formula is C17H25Cl3N2. The Labute approximate surface area is 148 Å². The molecule has 1 aromatic carbocycles. The van der Waals surface area contributed by atoms with Crippen LogP contribution in [-0.4, -0.2) is 29.5 Å². The van der Waals surface area contributed by atoms with E-state index in [1.54, 1.807) is 0 Å². The average molecular weight is 364 g/mol. The summed E-state index contributed by atoms with van der Waals surface area (Å²) in [7, 11) is 0. The van der Waals surface area contributed by atoms with Crippen molar-refractivity contribution in [3.05, 3.63) is 35.9 Å². The fourth-order valence-corrected chi connectivity index (χ4v) is 3.27. The zero-order valence-corrected chi connectivity index (χ0v) is 15.2. The summed E-state index contributed by atoms with van der Waals surface area (Å²) in [5, 5.41) is 7.29. The molecule has 0 amide bonds. The fraction of sp³-hybridized carbons (Fsp3) is 0.647. The lowest BCUT2D eigenvalue weighted by Gasteiger charge is -2.29. The van der Waals surface area contributed by atoms with Crippen LogP contribution in [0.4, 0.5) is 0 Å². The third-order valence-corrected chi connectivity index (χ3v) is 4.59. The van der Waals surface area contributed by atoms with Crippen LogP contribution in [0, 0.1) is 5.92 Å². The summed E-state index contributed by atoms with van der Waals surface area (Å²) in [6, 6.07) is 12.3. The Hall–Kier alpha value is 0.01000. The molecule has 1 aromatic rings. The first-order valence-electron chi connectivity index (χ1n) is 8.02. The van der Waals surface area contributed by atoms with Crippen molar-refractivity contribution in [2.45, 2.75) is 48.5 Å². The topological polar surface area (TPSA) is 24.1 Å². The summed E-state index contributed by atoms with van der Waals surface area (Å²) < 4.78 is -0.750. The second-order valence-corrected chi connectivity index (χ2v) is 8.13. The number of hydrogen-bond acceptors (Lipinski definition) is 2. The summed E-state index contributed by atoms with van der Waals surface area (Å²) in [4.78, 5) is 0. The first kappa shape index (κ1) is 18.4. The molecule has 22 heavy (non-hydrogen) atoms. The number of nitrogens with one attached hydrogen (secondary N) is 2. The molecule has 1 saturated carbocycles. The van der Waals surface area contributed by atoms with Crippen LogP contribution >= 0.6 is 34.8 Å². The smallest absolute Gasteiger partial charge is 0.180 e. The van der Waals surface area contributed by atoms with Gasteiger partial charge in [0.2, 0.25) is 0 Å². The first-order chi connectivity index (χ1) is 10.6. The molecule has 2 fully saturated rings. The van der Waals surface area contributed by atoms with Crippen molar-refractivity contribution in [2.75, 3.05) is 13.1 Å². The van der Waals surface area contributed by atoms with Gasteiger partial charge in [-0.25, -0.2) is 0 Å². The van der Waals surface area contributed by atoms with Gasteiger partial charge in [0.05, 0.1) is 0 Å². The Morgan fingerprint density at radius 3 is 2.27 bits per heavy atom. The predicted molar refractivity (Wildman–Crippen MR) is 97.1 cm³/mol. The van der Waals surface area contributed by atoms with Crippen LogP contribution < -0.4 is 10.6 Å². The Bertz CT molecular complexity index is 418. The number of hydrogen-bond donors (Lipinski definition) is 2. The Balaban J connectivity index is 0.000000396. The van der Waals surface area contributed by atoms with E-state index in [1.165, 1.54) is 37.9 Å².